The van der Waals surface area contributed by atoms with Gasteiger partial charge in [-0.1, -0.05) is 30.3 Å². The van der Waals surface area contributed by atoms with Gasteiger partial charge < -0.3 is 18.9 Å². The van der Waals surface area contributed by atoms with Crippen LogP contribution in [0.1, 0.15) is 15.9 Å². The van der Waals surface area contributed by atoms with Crippen LogP contribution in [0.2, 0.25) is 0 Å². The fraction of sp³-hybridized carbons (Fsp3) is 0.222. The summed E-state index contributed by atoms with van der Waals surface area (Å²) < 4.78 is 20.2. The van der Waals surface area contributed by atoms with Crippen LogP contribution < -0.4 is 9.47 Å². The maximum atomic E-state index is 11.9. The Labute approximate surface area is 139 Å². The van der Waals surface area contributed by atoms with Gasteiger partial charge in [-0.05, 0) is 23.8 Å². The molecule has 0 amide bonds. The zero-order chi connectivity index (χ0) is 17.4. The summed E-state index contributed by atoms with van der Waals surface area (Å²) >= 11 is 0. The van der Waals surface area contributed by atoms with Crippen molar-refractivity contribution in [3.8, 4) is 11.5 Å². The first-order valence-electron chi connectivity index (χ1n) is 7.22. The molecule has 0 aliphatic rings. The van der Waals surface area contributed by atoms with Crippen LogP contribution in [0.3, 0.4) is 0 Å². The Hall–Kier alpha value is -3.02. The van der Waals surface area contributed by atoms with E-state index in [1.54, 1.807) is 12.1 Å². The Bertz CT molecular complexity index is 696. The maximum Gasteiger partial charge on any atom is 0.343 e. The van der Waals surface area contributed by atoms with E-state index in [-0.39, 0.29) is 17.9 Å². The van der Waals surface area contributed by atoms with Gasteiger partial charge in [0.05, 0.1) is 14.2 Å². The Morgan fingerprint density at radius 3 is 2.33 bits per heavy atom. The Kier molecular flexibility index (Phi) is 6.19. The Morgan fingerprint density at radius 1 is 0.917 bits per heavy atom. The molecular formula is C18H18O6. The summed E-state index contributed by atoms with van der Waals surface area (Å²) in [6.07, 6.45) is 0. The molecule has 2 rings (SSSR count). The smallest absolute Gasteiger partial charge is 0.343 e. The van der Waals surface area contributed by atoms with Crippen LogP contribution in [-0.2, 0) is 20.9 Å². The molecule has 0 saturated carbocycles. The van der Waals surface area contributed by atoms with E-state index in [2.05, 4.69) is 4.74 Å². The predicted octanol–water partition coefficient (Wildman–Crippen LogP) is 2.60. The van der Waals surface area contributed by atoms with Gasteiger partial charge in [0.25, 0.3) is 0 Å². The Morgan fingerprint density at radius 2 is 1.67 bits per heavy atom. The minimum Gasteiger partial charge on any atom is -0.489 e. The molecule has 0 atom stereocenters. The molecule has 24 heavy (non-hydrogen) atoms. The highest BCUT2D eigenvalue weighted by Gasteiger charge is 2.16. The van der Waals surface area contributed by atoms with Crippen LogP contribution in [0.15, 0.2) is 48.5 Å². The molecule has 0 unspecified atom stereocenters. The molecule has 0 heterocycles. The molecule has 0 radical (unpaired) electrons. The summed E-state index contributed by atoms with van der Waals surface area (Å²) in [6, 6.07) is 14.4. The van der Waals surface area contributed by atoms with Crippen LogP contribution in [0.4, 0.5) is 0 Å². The number of esters is 2. The largest absolute Gasteiger partial charge is 0.489 e. The van der Waals surface area contributed by atoms with E-state index in [1.807, 2.05) is 30.3 Å². The average molecular weight is 330 g/mol. The van der Waals surface area contributed by atoms with Crippen molar-refractivity contribution < 1.29 is 28.5 Å². The van der Waals surface area contributed by atoms with Gasteiger partial charge in [0, 0.05) is 0 Å². The lowest BCUT2D eigenvalue weighted by atomic mass is 10.2. The molecule has 0 N–H and O–H groups in total. The molecule has 2 aromatic rings. The van der Waals surface area contributed by atoms with Crippen LogP contribution >= 0.6 is 0 Å². The third kappa shape index (κ3) is 4.74. The van der Waals surface area contributed by atoms with Crippen molar-refractivity contribution in [3.05, 3.63) is 59.7 Å². The highest BCUT2D eigenvalue weighted by Crippen LogP contribution is 2.25. The van der Waals surface area contributed by atoms with E-state index >= 15 is 0 Å². The lowest BCUT2D eigenvalue weighted by molar-refractivity contribution is -0.142. The van der Waals surface area contributed by atoms with Gasteiger partial charge in [-0.25, -0.2) is 9.59 Å². The quantitative estimate of drug-likeness (QED) is 0.727. The third-order valence-corrected chi connectivity index (χ3v) is 3.18. The number of ether oxygens (including phenoxy) is 4. The van der Waals surface area contributed by atoms with Crippen LogP contribution in [-0.4, -0.2) is 32.8 Å². The molecule has 0 bridgehead atoms. The van der Waals surface area contributed by atoms with Crippen LogP contribution in [0, 0.1) is 0 Å². The maximum absolute atomic E-state index is 11.9. The fourth-order valence-corrected chi connectivity index (χ4v) is 1.93. The third-order valence-electron chi connectivity index (χ3n) is 3.18. The monoisotopic (exact) mass is 330 g/mol. The van der Waals surface area contributed by atoms with E-state index < -0.39 is 11.9 Å². The molecule has 0 spiro atoms. The highest BCUT2D eigenvalue weighted by atomic mass is 16.6. The number of carbonyl (C=O) groups is 2. The molecule has 6 nitrogen and oxygen atoms in total. The van der Waals surface area contributed by atoms with Crippen molar-refractivity contribution in [2.45, 2.75) is 6.61 Å². The van der Waals surface area contributed by atoms with Gasteiger partial charge in [-0.2, -0.15) is 0 Å². The first kappa shape index (κ1) is 17.3. The second kappa shape index (κ2) is 8.57. The zero-order valence-corrected chi connectivity index (χ0v) is 13.5. The van der Waals surface area contributed by atoms with Gasteiger partial charge in [0.15, 0.2) is 6.61 Å². The number of carbonyl (C=O) groups excluding carboxylic acids is 2. The summed E-state index contributed by atoms with van der Waals surface area (Å²) in [7, 11) is 2.53. The van der Waals surface area contributed by atoms with Crippen LogP contribution in [0.5, 0.6) is 11.5 Å². The van der Waals surface area contributed by atoms with Crippen molar-refractivity contribution in [2.24, 2.45) is 0 Å². The van der Waals surface area contributed by atoms with Crippen LogP contribution in [0.25, 0.3) is 0 Å². The summed E-state index contributed by atoms with van der Waals surface area (Å²) in [5.74, 6) is -0.417. The number of methoxy groups -OCH3 is 2. The summed E-state index contributed by atoms with van der Waals surface area (Å²) in [5, 5.41) is 0. The predicted molar refractivity (Wildman–Crippen MR) is 86.1 cm³/mol. The molecule has 2 aromatic carbocycles. The topological polar surface area (TPSA) is 71.1 Å². The molecule has 0 aliphatic heterocycles. The number of hydrogen-bond donors (Lipinski definition) is 0. The molecule has 0 fully saturated rings. The average Bonchev–Trinajstić information content (AvgIpc) is 2.64. The van der Waals surface area contributed by atoms with E-state index in [4.69, 9.17) is 14.2 Å². The second-order valence-corrected chi connectivity index (χ2v) is 4.79. The molecule has 0 aromatic heterocycles. The summed E-state index contributed by atoms with van der Waals surface area (Å²) in [5.41, 5.74) is 1.18. The standard InChI is InChI=1S/C18H18O6/c1-21-17(19)12-24-16-9-8-14(10-15(16)18(20)22-2)23-11-13-6-4-3-5-7-13/h3-10H,11-12H2,1-2H3. The minimum atomic E-state index is -0.583. The molecule has 6 heteroatoms. The number of benzene rings is 2. The highest BCUT2D eigenvalue weighted by molar-refractivity contribution is 5.93. The lowest BCUT2D eigenvalue weighted by Gasteiger charge is -2.12. The van der Waals surface area contributed by atoms with Crippen molar-refractivity contribution in [2.75, 3.05) is 20.8 Å². The molecular weight excluding hydrogens is 312 g/mol. The number of rotatable bonds is 7. The van der Waals surface area contributed by atoms with Crippen molar-refractivity contribution >= 4 is 11.9 Å². The van der Waals surface area contributed by atoms with Gasteiger partial charge in [0.2, 0.25) is 0 Å². The zero-order valence-electron chi connectivity index (χ0n) is 13.5. The minimum absolute atomic E-state index is 0.173. The second-order valence-electron chi connectivity index (χ2n) is 4.79. The normalized spacial score (nSPS) is 9.92. The van der Waals surface area contributed by atoms with E-state index in [1.165, 1.54) is 20.3 Å². The van der Waals surface area contributed by atoms with E-state index in [0.29, 0.717) is 12.4 Å². The molecule has 126 valence electrons. The van der Waals surface area contributed by atoms with Gasteiger partial charge in [-0.3, -0.25) is 0 Å². The van der Waals surface area contributed by atoms with Gasteiger partial charge in [-0.15, -0.1) is 0 Å². The first-order valence-corrected chi connectivity index (χ1v) is 7.22. The van der Waals surface area contributed by atoms with Gasteiger partial charge in [0.1, 0.15) is 23.7 Å². The first-order chi connectivity index (χ1) is 11.6. The fourth-order valence-electron chi connectivity index (χ4n) is 1.93. The molecule has 0 aliphatic carbocycles. The van der Waals surface area contributed by atoms with Crippen molar-refractivity contribution in [3.63, 3.8) is 0 Å². The van der Waals surface area contributed by atoms with E-state index in [0.717, 1.165) is 5.56 Å². The van der Waals surface area contributed by atoms with Gasteiger partial charge >= 0.3 is 11.9 Å². The SMILES string of the molecule is COC(=O)COc1ccc(OCc2ccccc2)cc1C(=O)OC. The summed E-state index contributed by atoms with van der Waals surface area (Å²) in [6.45, 7) is 0.0640. The van der Waals surface area contributed by atoms with Crippen molar-refractivity contribution in [1.82, 2.24) is 0 Å². The Balaban J connectivity index is 2.13. The molecule has 0 saturated heterocycles. The van der Waals surface area contributed by atoms with E-state index in [9.17, 15) is 9.59 Å². The lowest BCUT2D eigenvalue weighted by Crippen LogP contribution is -2.14. The number of hydrogen-bond acceptors (Lipinski definition) is 6. The van der Waals surface area contributed by atoms with Crippen molar-refractivity contribution in [1.29, 1.82) is 0 Å². The summed E-state index contributed by atoms with van der Waals surface area (Å²) in [4.78, 5) is 23.1.